The van der Waals surface area contributed by atoms with E-state index in [1.807, 2.05) is 23.5 Å². The van der Waals surface area contributed by atoms with Gasteiger partial charge in [-0.3, -0.25) is 4.55 Å². The van der Waals surface area contributed by atoms with Crippen LogP contribution in [0.2, 0.25) is 0 Å². The number of esters is 2. The number of carbonyl (C=O) groups is 2. The van der Waals surface area contributed by atoms with Gasteiger partial charge in [0.2, 0.25) is 6.10 Å². The molecule has 1 atom stereocenters. The summed E-state index contributed by atoms with van der Waals surface area (Å²) in [6.45, 7) is 0. The first-order chi connectivity index (χ1) is 17.8. The normalized spacial score (nSPS) is 12.7. The summed E-state index contributed by atoms with van der Waals surface area (Å²) in [5.74, 6) is -3.83. The lowest BCUT2D eigenvalue weighted by Crippen LogP contribution is -2.39. The van der Waals surface area contributed by atoms with Crippen molar-refractivity contribution in [1.82, 2.24) is 0 Å². The number of rotatable bonds is 9. The maximum Gasteiger partial charge on any atom is 0.426 e. The van der Waals surface area contributed by atoms with Gasteiger partial charge in [-0.05, 0) is 29.1 Å². The first-order valence-corrected chi connectivity index (χ1v) is 13.5. The van der Waals surface area contributed by atoms with Crippen LogP contribution in [0.3, 0.4) is 0 Å². The fourth-order valence-electron chi connectivity index (χ4n) is 4.20. The van der Waals surface area contributed by atoms with E-state index in [0.717, 1.165) is 23.0 Å². The molecular formula is C24H24B3F3O7S. The maximum atomic E-state index is 13.3. The average Bonchev–Trinajstić information content (AvgIpc) is 2.85. The van der Waals surface area contributed by atoms with Gasteiger partial charge in [0.1, 0.15) is 35.0 Å². The third-order valence-corrected chi connectivity index (χ3v) is 6.77. The minimum atomic E-state index is -5.24. The summed E-state index contributed by atoms with van der Waals surface area (Å²) in [5, 5.41) is 0.386. The predicted molar refractivity (Wildman–Crippen MR) is 144 cm³/mol. The Hall–Kier alpha value is -3.25. The summed E-state index contributed by atoms with van der Waals surface area (Å²) in [5.41, 5.74) is 2.97. The van der Waals surface area contributed by atoms with Crippen LogP contribution >= 0.6 is 0 Å². The SMILES string of the molecule is BCc1cc(CB)c(CB)c(C(=O)Oc2cccc3c(C(=O)OC(CS(=O)(=O)O)C(F)(F)F)cccc23)c1. The molecule has 1 N–H and O–H groups in total. The molecule has 0 heterocycles. The molecule has 0 aromatic heterocycles. The molecule has 3 aromatic rings. The predicted octanol–water partition coefficient (Wildman–Crippen LogP) is 1.43. The van der Waals surface area contributed by atoms with Gasteiger partial charge in [0.15, 0.2) is 0 Å². The molecule has 198 valence electrons. The van der Waals surface area contributed by atoms with Crippen molar-refractivity contribution in [2.75, 3.05) is 5.75 Å². The highest BCUT2D eigenvalue weighted by Crippen LogP contribution is 2.31. The Morgan fingerprint density at radius 1 is 0.895 bits per heavy atom. The summed E-state index contributed by atoms with van der Waals surface area (Å²) in [6, 6.07) is 12.3. The van der Waals surface area contributed by atoms with Gasteiger partial charge >= 0.3 is 18.1 Å². The molecule has 0 saturated carbocycles. The molecule has 0 aliphatic carbocycles. The minimum absolute atomic E-state index is 0.0782. The highest BCUT2D eigenvalue weighted by molar-refractivity contribution is 7.85. The second kappa shape index (κ2) is 11.6. The van der Waals surface area contributed by atoms with E-state index >= 15 is 0 Å². The fraction of sp³-hybridized carbons (Fsp3) is 0.250. The quantitative estimate of drug-likeness (QED) is 0.188. The molecule has 0 fully saturated rings. The van der Waals surface area contributed by atoms with Crippen molar-refractivity contribution in [3.05, 3.63) is 76.3 Å². The molecule has 0 amide bonds. The van der Waals surface area contributed by atoms with Crippen LogP contribution in [0.1, 0.15) is 37.4 Å². The van der Waals surface area contributed by atoms with Crippen molar-refractivity contribution in [1.29, 1.82) is 0 Å². The third-order valence-electron chi connectivity index (χ3n) is 6.05. The lowest BCUT2D eigenvalue weighted by Gasteiger charge is -2.20. The third kappa shape index (κ3) is 6.79. The van der Waals surface area contributed by atoms with E-state index in [0.29, 0.717) is 18.2 Å². The highest BCUT2D eigenvalue weighted by Gasteiger charge is 2.45. The van der Waals surface area contributed by atoms with E-state index in [1.54, 1.807) is 6.07 Å². The Labute approximate surface area is 220 Å². The summed E-state index contributed by atoms with van der Waals surface area (Å²) in [6.07, 6.45) is -6.26. The molecule has 14 heteroatoms. The van der Waals surface area contributed by atoms with Crippen molar-refractivity contribution >= 4 is 56.4 Å². The van der Waals surface area contributed by atoms with Crippen LogP contribution in [0.25, 0.3) is 10.8 Å². The highest BCUT2D eigenvalue weighted by atomic mass is 32.2. The second-order valence-electron chi connectivity index (χ2n) is 8.57. The summed E-state index contributed by atoms with van der Waals surface area (Å²) >= 11 is 0. The first-order valence-electron chi connectivity index (χ1n) is 11.9. The zero-order valence-corrected chi connectivity index (χ0v) is 21.8. The number of alkyl halides is 3. The molecule has 38 heavy (non-hydrogen) atoms. The van der Waals surface area contributed by atoms with Gasteiger partial charge in [-0.2, -0.15) is 21.6 Å². The van der Waals surface area contributed by atoms with Gasteiger partial charge in [-0.15, -0.1) is 0 Å². The van der Waals surface area contributed by atoms with Gasteiger partial charge in [0.25, 0.3) is 10.1 Å². The zero-order valence-electron chi connectivity index (χ0n) is 21.0. The summed E-state index contributed by atoms with van der Waals surface area (Å²) in [4.78, 5) is 25.9. The van der Waals surface area contributed by atoms with Crippen LogP contribution in [0.5, 0.6) is 5.75 Å². The Morgan fingerprint density at radius 2 is 1.55 bits per heavy atom. The van der Waals surface area contributed by atoms with Gasteiger partial charge in [-0.25, -0.2) is 9.59 Å². The number of benzene rings is 3. The molecule has 3 aromatic carbocycles. The van der Waals surface area contributed by atoms with E-state index in [2.05, 4.69) is 10.8 Å². The lowest BCUT2D eigenvalue weighted by atomic mass is 9.81. The van der Waals surface area contributed by atoms with E-state index in [1.165, 1.54) is 36.4 Å². The number of hydrogen-bond acceptors (Lipinski definition) is 6. The van der Waals surface area contributed by atoms with E-state index in [9.17, 15) is 31.2 Å². The number of hydrogen-bond donors (Lipinski definition) is 1. The Bertz CT molecular complexity index is 1480. The van der Waals surface area contributed by atoms with E-state index < -0.39 is 40.1 Å². The number of carbonyl (C=O) groups excluding carboxylic acids is 2. The molecule has 7 nitrogen and oxygen atoms in total. The van der Waals surface area contributed by atoms with Crippen molar-refractivity contribution in [3.8, 4) is 5.75 Å². The average molecular weight is 546 g/mol. The number of fused-ring (bicyclic) bond motifs is 1. The van der Waals surface area contributed by atoms with Crippen molar-refractivity contribution in [3.63, 3.8) is 0 Å². The number of ether oxygens (including phenoxy) is 2. The minimum Gasteiger partial charge on any atom is -0.448 e. The first kappa shape index (κ1) is 29.3. The molecular weight excluding hydrogens is 522 g/mol. The topological polar surface area (TPSA) is 107 Å². The van der Waals surface area contributed by atoms with E-state index in [-0.39, 0.29) is 22.1 Å². The standard InChI is InChI=1S/C24H24B3F3O7S/c25-9-13-7-14(10-26)19(11-27)18(8-13)23(32)36-20-6-2-3-15-16(20)4-1-5-17(15)22(31)37-21(24(28,29)30)12-38(33,34)35/h1-8,21H,9-12,25-27H2,(H,33,34,35). The van der Waals surface area contributed by atoms with Crippen LogP contribution in [-0.4, -0.2) is 66.5 Å². The molecule has 1 unspecified atom stereocenters. The van der Waals surface area contributed by atoms with Crippen LogP contribution < -0.4 is 4.74 Å². The molecule has 0 bridgehead atoms. The van der Waals surface area contributed by atoms with Crippen LogP contribution in [-0.2, 0) is 33.8 Å². The van der Waals surface area contributed by atoms with E-state index in [4.69, 9.17) is 9.29 Å². The van der Waals surface area contributed by atoms with Gasteiger partial charge < -0.3 is 9.47 Å². The smallest absolute Gasteiger partial charge is 0.426 e. The molecule has 0 aliphatic rings. The van der Waals surface area contributed by atoms with Gasteiger partial charge in [0, 0.05) is 5.39 Å². The Balaban J connectivity index is 2.00. The largest absolute Gasteiger partial charge is 0.448 e. The van der Waals surface area contributed by atoms with Crippen LogP contribution in [0.15, 0.2) is 48.5 Å². The Kier molecular flexibility index (Phi) is 8.99. The van der Waals surface area contributed by atoms with Crippen molar-refractivity contribution in [2.45, 2.75) is 31.2 Å². The fourth-order valence-corrected chi connectivity index (χ4v) is 4.84. The monoisotopic (exact) mass is 546 g/mol. The molecule has 3 rings (SSSR count). The van der Waals surface area contributed by atoms with Crippen molar-refractivity contribution < 1.29 is 45.2 Å². The molecule has 0 radical (unpaired) electrons. The molecule has 0 spiro atoms. The number of halogens is 3. The van der Waals surface area contributed by atoms with Crippen LogP contribution in [0.4, 0.5) is 13.2 Å². The maximum absolute atomic E-state index is 13.3. The molecule has 0 saturated heterocycles. The van der Waals surface area contributed by atoms with Crippen LogP contribution in [0, 0.1) is 0 Å². The zero-order chi connectivity index (χ0) is 28.3. The summed E-state index contributed by atoms with van der Waals surface area (Å²) < 4.78 is 80.9. The molecule has 0 aliphatic heterocycles. The summed E-state index contributed by atoms with van der Waals surface area (Å²) in [7, 11) is 0.805. The van der Waals surface area contributed by atoms with Gasteiger partial charge in [0.05, 0.1) is 11.1 Å². The van der Waals surface area contributed by atoms with Crippen molar-refractivity contribution in [2.24, 2.45) is 0 Å². The second-order valence-corrected chi connectivity index (χ2v) is 10.1. The lowest BCUT2D eigenvalue weighted by molar-refractivity contribution is -0.197. The Morgan fingerprint density at radius 3 is 2.13 bits per heavy atom. The van der Waals surface area contributed by atoms with Gasteiger partial charge in [-0.1, -0.05) is 60.4 Å².